The van der Waals surface area contributed by atoms with Crippen molar-refractivity contribution in [2.45, 2.75) is 13.0 Å². The van der Waals surface area contributed by atoms with Crippen molar-refractivity contribution in [2.24, 2.45) is 5.92 Å². The molecule has 3 nitrogen and oxygen atoms in total. The van der Waals surface area contributed by atoms with E-state index < -0.39 is 0 Å². The number of aliphatic hydroxyl groups is 1. The summed E-state index contributed by atoms with van der Waals surface area (Å²) < 4.78 is 5.39. The molecule has 2 atom stereocenters. The minimum absolute atomic E-state index is 0.256. The topological polar surface area (TPSA) is 41.5 Å². The van der Waals surface area contributed by atoms with Crippen molar-refractivity contribution in [3.63, 3.8) is 0 Å². The van der Waals surface area contributed by atoms with Gasteiger partial charge < -0.3 is 15.2 Å². The first kappa shape index (κ1) is 15.3. The highest BCUT2D eigenvalue weighted by Gasteiger charge is 2.14. The molecule has 0 saturated heterocycles. The van der Waals surface area contributed by atoms with Gasteiger partial charge in [-0.1, -0.05) is 25.1 Å². The van der Waals surface area contributed by atoms with Crippen molar-refractivity contribution in [3.8, 4) is 5.75 Å². The molecule has 0 aromatic heterocycles. The Labute approximate surface area is 114 Å². The maximum atomic E-state index is 9.01. The zero-order valence-electron chi connectivity index (χ0n) is 11.3. The fourth-order valence-corrected chi connectivity index (χ4v) is 2.95. The van der Waals surface area contributed by atoms with Gasteiger partial charge in [0.1, 0.15) is 5.75 Å². The van der Waals surface area contributed by atoms with Gasteiger partial charge in [-0.15, -0.1) is 0 Å². The lowest BCUT2D eigenvalue weighted by Gasteiger charge is -2.19. The van der Waals surface area contributed by atoms with Gasteiger partial charge in [0.2, 0.25) is 0 Å². The fraction of sp³-hybridized carbons (Fsp3) is 0.571. The molecular formula is C14H23NO2S. The van der Waals surface area contributed by atoms with Crippen LogP contribution in [-0.2, 0) is 0 Å². The van der Waals surface area contributed by atoms with Crippen LogP contribution in [0, 0.1) is 5.92 Å². The largest absolute Gasteiger partial charge is 0.496 e. The van der Waals surface area contributed by atoms with Crippen molar-refractivity contribution in [1.82, 2.24) is 5.32 Å². The molecule has 0 spiro atoms. The summed E-state index contributed by atoms with van der Waals surface area (Å²) in [6.07, 6.45) is 0. The molecule has 1 aromatic rings. The summed E-state index contributed by atoms with van der Waals surface area (Å²) in [5, 5.41) is 12.3. The second kappa shape index (κ2) is 8.40. The zero-order chi connectivity index (χ0) is 13.4. The molecule has 4 heteroatoms. The molecule has 0 aliphatic rings. The van der Waals surface area contributed by atoms with Gasteiger partial charge in [-0.2, -0.15) is 11.8 Å². The first-order chi connectivity index (χ1) is 8.72. The second-order valence-electron chi connectivity index (χ2n) is 4.41. The molecule has 1 aromatic carbocycles. The number of methoxy groups -OCH3 is 1. The van der Waals surface area contributed by atoms with Crippen LogP contribution in [0.2, 0.25) is 0 Å². The van der Waals surface area contributed by atoms with Crippen LogP contribution < -0.4 is 10.1 Å². The van der Waals surface area contributed by atoms with Gasteiger partial charge in [0.25, 0.3) is 0 Å². The van der Waals surface area contributed by atoms with Crippen LogP contribution in [0.25, 0.3) is 0 Å². The maximum absolute atomic E-state index is 9.01. The van der Waals surface area contributed by atoms with Crippen LogP contribution >= 0.6 is 11.8 Å². The number of hydrogen-bond acceptors (Lipinski definition) is 4. The SMILES string of the molecule is CNC(CSCC(C)CO)c1ccccc1OC. The van der Waals surface area contributed by atoms with Gasteiger partial charge in [0.05, 0.1) is 7.11 Å². The molecule has 0 aliphatic carbocycles. The Morgan fingerprint density at radius 2 is 2.06 bits per heavy atom. The van der Waals surface area contributed by atoms with Gasteiger partial charge in [0, 0.05) is 24.0 Å². The van der Waals surface area contributed by atoms with Gasteiger partial charge in [-0.3, -0.25) is 0 Å². The van der Waals surface area contributed by atoms with E-state index in [9.17, 15) is 0 Å². The molecule has 1 rings (SSSR count). The highest BCUT2D eigenvalue weighted by molar-refractivity contribution is 7.99. The van der Waals surface area contributed by atoms with Crippen LogP contribution in [0.1, 0.15) is 18.5 Å². The Bertz CT molecular complexity index is 346. The van der Waals surface area contributed by atoms with E-state index in [1.165, 1.54) is 5.56 Å². The smallest absolute Gasteiger partial charge is 0.123 e. The monoisotopic (exact) mass is 269 g/mol. The predicted molar refractivity (Wildman–Crippen MR) is 78.4 cm³/mol. The third-order valence-corrected chi connectivity index (χ3v) is 4.24. The average molecular weight is 269 g/mol. The Hall–Kier alpha value is -0.710. The van der Waals surface area contributed by atoms with Gasteiger partial charge in [0.15, 0.2) is 0 Å². The lowest BCUT2D eigenvalue weighted by molar-refractivity contribution is 0.250. The van der Waals surface area contributed by atoms with E-state index in [2.05, 4.69) is 18.3 Å². The Kier molecular flexibility index (Phi) is 7.16. The van der Waals surface area contributed by atoms with Gasteiger partial charge >= 0.3 is 0 Å². The number of hydrogen-bond donors (Lipinski definition) is 2. The molecule has 0 fully saturated rings. The average Bonchev–Trinajstić information content (AvgIpc) is 2.43. The molecule has 2 N–H and O–H groups in total. The van der Waals surface area contributed by atoms with E-state index in [1.54, 1.807) is 7.11 Å². The van der Waals surface area contributed by atoms with Crippen molar-refractivity contribution in [1.29, 1.82) is 0 Å². The second-order valence-corrected chi connectivity index (χ2v) is 5.48. The summed E-state index contributed by atoms with van der Waals surface area (Å²) in [7, 11) is 3.67. The van der Waals surface area contributed by atoms with Gasteiger partial charge in [-0.05, 0) is 24.8 Å². The zero-order valence-corrected chi connectivity index (χ0v) is 12.2. The summed E-state index contributed by atoms with van der Waals surface area (Å²) in [6.45, 7) is 2.32. The van der Waals surface area contributed by atoms with E-state index in [-0.39, 0.29) is 12.6 Å². The van der Waals surface area contributed by atoms with Crippen molar-refractivity contribution < 1.29 is 9.84 Å². The van der Waals surface area contributed by atoms with E-state index in [0.29, 0.717) is 5.92 Å². The molecule has 2 unspecified atom stereocenters. The van der Waals surface area contributed by atoms with Crippen LogP contribution in [0.5, 0.6) is 5.75 Å². The number of thioether (sulfide) groups is 1. The van der Waals surface area contributed by atoms with Crippen molar-refractivity contribution >= 4 is 11.8 Å². The quantitative estimate of drug-likeness (QED) is 0.760. The van der Waals surface area contributed by atoms with Crippen LogP contribution in [0.3, 0.4) is 0 Å². The fourth-order valence-electron chi connectivity index (χ4n) is 1.72. The van der Waals surface area contributed by atoms with Gasteiger partial charge in [-0.25, -0.2) is 0 Å². The molecule has 0 aliphatic heterocycles. The summed E-state index contributed by atoms with van der Waals surface area (Å²) in [4.78, 5) is 0. The standard InChI is InChI=1S/C14H23NO2S/c1-11(8-16)9-18-10-13(15-2)12-6-4-5-7-14(12)17-3/h4-7,11,13,15-16H,8-10H2,1-3H3. The van der Waals surface area contributed by atoms with Crippen molar-refractivity contribution in [3.05, 3.63) is 29.8 Å². The van der Waals surface area contributed by atoms with E-state index in [0.717, 1.165) is 17.3 Å². The maximum Gasteiger partial charge on any atom is 0.123 e. The summed E-state index contributed by atoms with van der Waals surface area (Å²) in [5.74, 6) is 3.23. The van der Waals surface area contributed by atoms with Crippen LogP contribution in [0.4, 0.5) is 0 Å². The highest BCUT2D eigenvalue weighted by Crippen LogP contribution is 2.27. The predicted octanol–water partition coefficient (Wildman–Crippen LogP) is 2.32. The van der Waals surface area contributed by atoms with Crippen LogP contribution in [0.15, 0.2) is 24.3 Å². The number of rotatable bonds is 8. The first-order valence-electron chi connectivity index (χ1n) is 6.21. The first-order valence-corrected chi connectivity index (χ1v) is 7.37. The number of nitrogens with one attached hydrogen (secondary N) is 1. The van der Waals surface area contributed by atoms with Crippen LogP contribution in [-0.4, -0.2) is 37.4 Å². The van der Waals surface area contributed by atoms with Crippen molar-refractivity contribution in [2.75, 3.05) is 32.3 Å². The number of para-hydroxylation sites is 1. The molecule has 18 heavy (non-hydrogen) atoms. The minimum atomic E-state index is 0.256. The Morgan fingerprint density at radius 3 is 2.67 bits per heavy atom. The molecule has 0 amide bonds. The molecule has 0 bridgehead atoms. The van der Waals surface area contributed by atoms with E-state index in [4.69, 9.17) is 9.84 Å². The molecule has 102 valence electrons. The molecule has 0 heterocycles. The number of aliphatic hydroxyl groups excluding tert-OH is 1. The Morgan fingerprint density at radius 1 is 1.33 bits per heavy atom. The molecule has 0 saturated carbocycles. The minimum Gasteiger partial charge on any atom is -0.496 e. The normalized spacial score (nSPS) is 14.2. The summed E-state index contributed by atoms with van der Waals surface area (Å²) in [5.41, 5.74) is 1.19. The third-order valence-electron chi connectivity index (χ3n) is 2.86. The molecular weight excluding hydrogens is 246 g/mol. The lowest BCUT2D eigenvalue weighted by Crippen LogP contribution is -2.20. The number of ether oxygens (including phenoxy) is 1. The summed E-state index contributed by atoms with van der Waals surface area (Å²) >= 11 is 1.85. The Balaban J connectivity index is 2.59. The molecule has 0 radical (unpaired) electrons. The van der Waals surface area contributed by atoms with E-state index >= 15 is 0 Å². The highest BCUT2D eigenvalue weighted by atomic mass is 32.2. The third kappa shape index (κ3) is 4.52. The number of benzene rings is 1. The summed E-state index contributed by atoms with van der Waals surface area (Å²) in [6, 6.07) is 8.37. The van der Waals surface area contributed by atoms with E-state index in [1.807, 2.05) is 37.0 Å². The lowest BCUT2D eigenvalue weighted by atomic mass is 10.1.